The third-order valence-corrected chi connectivity index (χ3v) is 8.41. The Balaban J connectivity index is 1.21. The highest BCUT2D eigenvalue weighted by Gasteiger charge is 2.60. The van der Waals surface area contributed by atoms with E-state index in [1.54, 1.807) is 26.1 Å². The van der Waals surface area contributed by atoms with Crippen LogP contribution in [0.4, 0.5) is 17.6 Å². The van der Waals surface area contributed by atoms with Crippen LogP contribution in [0.2, 0.25) is 0 Å². The van der Waals surface area contributed by atoms with Crippen molar-refractivity contribution in [2.45, 2.75) is 57.4 Å². The van der Waals surface area contributed by atoms with E-state index in [4.69, 9.17) is 9.47 Å². The van der Waals surface area contributed by atoms with Gasteiger partial charge in [0.25, 0.3) is 0 Å². The van der Waals surface area contributed by atoms with Crippen LogP contribution < -0.4 is 9.47 Å². The van der Waals surface area contributed by atoms with E-state index in [1.165, 1.54) is 12.1 Å². The van der Waals surface area contributed by atoms with Crippen molar-refractivity contribution < 1.29 is 42.0 Å². The average molecular weight is 573 g/mol. The van der Waals surface area contributed by atoms with Gasteiger partial charge in [0.1, 0.15) is 12.4 Å². The van der Waals surface area contributed by atoms with E-state index in [-0.39, 0.29) is 58.5 Å². The van der Waals surface area contributed by atoms with Gasteiger partial charge in [0, 0.05) is 41.1 Å². The molecule has 2 fully saturated rings. The van der Waals surface area contributed by atoms with Crippen LogP contribution in [0, 0.1) is 30.5 Å². The van der Waals surface area contributed by atoms with Gasteiger partial charge in [0.2, 0.25) is 11.8 Å². The van der Waals surface area contributed by atoms with E-state index in [9.17, 15) is 32.6 Å². The minimum atomic E-state index is -4.81. The van der Waals surface area contributed by atoms with E-state index in [0.717, 1.165) is 17.2 Å². The number of carboxylic acid groups (broad SMARTS) is 1. The van der Waals surface area contributed by atoms with Crippen molar-refractivity contribution in [2.75, 3.05) is 6.61 Å². The Hall–Kier alpha value is -3.73. The topological polar surface area (TPSA) is 102 Å². The molecule has 2 aromatic heterocycles. The number of rotatable bonds is 8. The molecule has 0 aliphatic heterocycles. The molecule has 0 spiro atoms. The largest absolute Gasteiger partial charge is 0.481 e. The zero-order valence-corrected chi connectivity index (χ0v) is 22.3. The third kappa shape index (κ3) is 5.23. The van der Waals surface area contributed by atoms with Crippen molar-refractivity contribution in [1.29, 1.82) is 0 Å². The molecule has 3 atom stereocenters. The fourth-order valence-electron chi connectivity index (χ4n) is 6.43. The third-order valence-electron chi connectivity index (χ3n) is 8.41. The predicted molar refractivity (Wildman–Crippen MR) is 138 cm³/mol. The summed E-state index contributed by atoms with van der Waals surface area (Å²) in [5, 5.41) is 19.2. The number of aliphatic hydroxyl groups is 1. The van der Waals surface area contributed by atoms with Crippen LogP contribution in [0.5, 0.6) is 11.8 Å². The lowest BCUT2D eigenvalue weighted by atomic mass is 9.73. The van der Waals surface area contributed by atoms with E-state index in [1.807, 2.05) is 0 Å². The van der Waals surface area contributed by atoms with E-state index >= 15 is 0 Å². The number of hydrogen-bond acceptors (Lipinski definition) is 6. The van der Waals surface area contributed by atoms with Gasteiger partial charge in [-0.15, -0.1) is 0 Å². The smallest absolute Gasteiger partial charge is 0.417 e. The van der Waals surface area contributed by atoms with Gasteiger partial charge in [-0.1, -0.05) is 0 Å². The summed E-state index contributed by atoms with van der Waals surface area (Å²) in [6.07, 6.45) is -1.45. The van der Waals surface area contributed by atoms with Gasteiger partial charge in [-0.2, -0.15) is 13.2 Å². The van der Waals surface area contributed by atoms with Crippen LogP contribution in [0.3, 0.4) is 0 Å². The summed E-state index contributed by atoms with van der Waals surface area (Å²) in [7, 11) is 0. The lowest BCUT2D eigenvalue weighted by Crippen LogP contribution is -2.43. The van der Waals surface area contributed by atoms with Crippen molar-refractivity contribution in [2.24, 2.45) is 17.8 Å². The van der Waals surface area contributed by atoms with Crippen LogP contribution in [-0.2, 0) is 24.0 Å². The number of carbonyl (C=O) groups is 1. The number of aromatic nitrogens is 2. The summed E-state index contributed by atoms with van der Waals surface area (Å²) in [6, 6.07) is 6.22. The van der Waals surface area contributed by atoms with Gasteiger partial charge in [-0.25, -0.2) is 14.4 Å². The van der Waals surface area contributed by atoms with Crippen LogP contribution in [-0.4, -0.2) is 38.4 Å². The first kappa shape index (κ1) is 27.4. The van der Waals surface area contributed by atoms with Gasteiger partial charge < -0.3 is 19.7 Å². The molecule has 41 heavy (non-hydrogen) atoms. The molecule has 0 radical (unpaired) electrons. The van der Waals surface area contributed by atoms with Gasteiger partial charge in [0.15, 0.2) is 0 Å². The lowest BCUT2D eigenvalue weighted by molar-refractivity contribution is -0.139. The first-order valence-corrected chi connectivity index (χ1v) is 13.4. The number of nitrogens with zero attached hydrogens (tertiary/aromatic N) is 2. The maximum absolute atomic E-state index is 14.9. The molecular formula is C30H28F4N2O5. The summed E-state index contributed by atoms with van der Waals surface area (Å²) in [5.74, 6) is -1.67. The Kier molecular flexibility index (Phi) is 6.48. The van der Waals surface area contributed by atoms with Gasteiger partial charge >= 0.3 is 12.1 Å². The fourth-order valence-corrected chi connectivity index (χ4v) is 6.43. The van der Waals surface area contributed by atoms with E-state index in [2.05, 4.69) is 9.97 Å². The minimum absolute atomic E-state index is 0.0395. The summed E-state index contributed by atoms with van der Waals surface area (Å²) < 4.78 is 68.1. The molecule has 2 N–H and O–H groups in total. The Morgan fingerprint density at radius 2 is 1.88 bits per heavy atom. The highest BCUT2D eigenvalue weighted by Crippen LogP contribution is 2.61. The number of pyridine rings is 2. The predicted octanol–water partition coefficient (Wildman–Crippen LogP) is 5.70. The van der Waals surface area contributed by atoms with Crippen molar-refractivity contribution in [3.05, 3.63) is 70.3 Å². The molecule has 0 amide bonds. The number of fused-ring (bicyclic) bond motifs is 3. The molecule has 3 aliphatic carbocycles. The van der Waals surface area contributed by atoms with Gasteiger partial charge in [0.05, 0.1) is 23.7 Å². The van der Waals surface area contributed by atoms with E-state index in [0.29, 0.717) is 31.9 Å². The van der Waals surface area contributed by atoms with Crippen molar-refractivity contribution in [3.63, 3.8) is 0 Å². The normalized spacial score (nSPS) is 26.1. The zero-order valence-electron chi connectivity index (χ0n) is 22.3. The Morgan fingerprint density at radius 3 is 2.54 bits per heavy atom. The standard InChI is InChI=1S/C30H28F4N2O5/c1-14-18(3-4-24(36-14)40-12-15-9-29(2,39)10-15)19-6-17(23(31)8-22(19)30(32,33)34)13-41-25-7-16-5-20-26(21(16)11-35-25)27(20)28(37)38/h3-4,6-8,11,15,20,26-27,39H,5,9-10,12-13H2,1-2H3,(H,37,38)/t15?,20-,26-,27+,29?/m1/s1. The highest BCUT2D eigenvalue weighted by atomic mass is 19.4. The summed E-state index contributed by atoms with van der Waals surface area (Å²) >= 11 is 0. The van der Waals surface area contributed by atoms with Crippen LogP contribution in [0.15, 0.2) is 36.5 Å². The molecule has 0 bridgehead atoms. The Morgan fingerprint density at radius 1 is 1.12 bits per heavy atom. The van der Waals surface area contributed by atoms with Crippen LogP contribution in [0.1, 0.15) is 53.6 Å². The zero-order chi connectivity index (χ0) is 29.3. The molecule has 3 aliphatic rings. The minimum Gasteiger partial charge on any atom is -0.481 e. The van der Waals surface area contributed by atoms with Crippen LogP contribution >= 0.6 is 0 Å². The number of alkyl halides is 3. The molecule has 0 unspecified atom stereocenters. The molecule has 1 aromatic carbocycles. The fraction of sp³-hybridized carbons (Fsp3) is 0.433. The van der Waals surface area contributed by atoms with Crippen molar-refractivity contribution in [1.82, 2.24) is 9.97 Å². The molecule has 2 saturated carbocycles. The second kappa shape index (κ2) is 9.68. The van der Waals surface area contributed by atoms with Crippen molar-refractivity contribution >= 4 is 5.97 Å². The summed E-state index contributed by atoms with van der Waals surface area (Å²) in [6.45, 7) is 3.30. The molecule has 7 nitrogen and oxygen atoms in total. The van der Waals surface area contributed by atoms with Crippen LogP contribution in [0.25, 0.3) is 11.1 Å². The molecule has 6 rings (SSSR count). The van der Waals surface area contributed by atoms with E-state index < -0.39 is 35.0 Å². The number of aryl methyl sites for hydroxylation is 1. The lowest BCUT2D eigenvalue weighted by Gasteiger charge is -2.40. The van der Waals surface area contributed by atoms with Crippen molar-refractivity contribution in [3.8, 4) is 22.9 Å². The second-order valence-corrected chi connectivity index (χ2v) is 11.6. The first-order chi connectivity index (χ1) is 19.3. The number of halogens is 4. The SMILES string of the molecule is Cc1nc(OCC2CC(C)(O)C2)ccc1-c1cc(COc2cc3c(cn2)[C@H]2[C@@H](C3)[C@@H]2C(=O)O)c(F)cc1C(F)(F)F. The highest BCUT2D eigenvalue weighted by molar-refractivity contribution is 5.77. The number of carboxylic acids is 1. The molecule has 11 heteroatoms. The molecular weight excluding hydrogens is 544 g/mol. The number of aliphatic carboxylic acids is 1. The molecule has 2 heterocycles. The summed E-state index contributed by atoms with van der Waals surface area (Å²) in [4.78, 5) is 19.9. The van der Waals surface area contributed by atoms with Gasteiger partial charge in [-0.05, 0) is 79.8 Å². The number of hydrogen-bond donors (Lipinski definition) is 2. The second-order valence-electron chi connectivity index (χ2n) is 11.6. The maximum atomic E-state index is 14.9. The number of ether oxygens (including phenoxy) is 2. The summed E-state index contributed by atoms with van der Waals surface area (Å²) in [5.41, 5.74) is 0.117. The Labute approximate surface area is 233 Å². The molecule has 216 valence electrons. The quantitative estimate of drug-likeness (QED) is 0.334. The maximum Gasteiger partial charge on any atom is 0.417 e. The average Bonchev–Trinajstić information content (AvgIpc) is 3.47. The molecule has 0 saturated heterocycles. The Bertz CT molecular complexity index is 1530. The molecule has 3 aromatic rings. The van der Waals surface area contributed by atoms with Gasteiger partial charge in [-0.3, -0.25) is 4.79 Å². The monoisotopic (exact) mass is 572 g/mol. The number of benzene rings is 1. The first-order valence-electron chi connectivity index (χ1n) is 13.4.